The second kappa shape index (κ2) is 9.71. The Balaban J connectivity index is 1.86. The maximum atomic E-state index is 13.7. The summed E-state index contributed by atoms with van der Waals surface area (Å²) < 4.78 is 22.2. The normalized spacial score (nSPS) is 15.9. The maximum absolute atomic E-state index is 13.7. The Morgan fingerprint density at radius 3 is 2.29 bits per heavy atom. The van der Waals surface area contributed by atoms with Crippen molar-refractivity contribution in [2.75, 3.05) is 48.5 Å². The molecule has 4 rings (SSSR count). The van der Waals surface area contributed by atoms with Gasteiger partial charge in [0.25, 0.3) is 5.91 Å². The second-order valence-electron chi connectivity index (χ2n) is 8.40. The lowest BCUT2D eigenvalue weighted by atomic mass is 9.94. The van der Waals surface area contributed by atoms with E-state index < -0.39 is 23.5 Å². The van der Waals surface area contributed by atoms with E-state index in [0.29, 0.717) is 34.9 Å². The third-order valence-corrected chi connectivity index (χ3v) is 5.99. The van der Waals surface area contributed by atoms with Crippen LogP contribution in [-0.4, -0.2) is 75.1 Å². The van der Waals surface area contributed by atoms with E-state index in [0.717, 1.165) is 5.39 Å². The van der Waals surface area contributed by atoms with Gasteiger partial charge in [0.2, 0.25) is 11.5 Å². The standard InChI is InChI=1S/C26H28N2O7/c1-27(2)10-11-28-22(16-13-19(32-3)25(34-5)20(14-16)33-4)21(24(30)26(28)31)23(29)18-12-15-8-6-7-9-17(15)35-18/h6-9,12-14,22,30H,10-11H2,1-5H3/t22-/m1/s1. The van der Waals surface area contributed by atoms with Crippen LogP contribution in [0, 0.1) is 0 Å². The summed E-state index contributed by atoms with van der Waals surface area (Å²) in [6.07, 6.45) is 0. The molecule has 9 heteroatoms. The van der Waals surface area contributed by atoms with Crippen LogP contribution in [0.25, 0.3) is 11.0 Å². The van der Waals surface area contributed by atoms with E-state index in [1.165, 1.54) is 26.2 Å². The van der Waals surface area contributed by atoms with Crippen LogP contribution in [0.4, 0.5) is 0 Å². The van der Waals surface area contributed by atoms with Crippen molar-refractivity contribution in [1.82, 2.24) is 9.80 Å². The molecule has 184 valence electrons. The molecule has 9 nitrogen and oxygen atoms in total. The molecule has 0 radical (unpaired) electrons. The first-order valence-electron chi connectivity index (χ1n) is 11.0. The topological polar surface area (TPSA) is 102 Å². The molecule has 1 aromatic heterocycles. The molecule has 0 saturated carbocycles. The highest BCUT2D eigenvalue weighted by atomic mass is 16.5. The van der Waals surface area contributed by atoms with E-state index in [4.69, 9.17) is 18.6 Å². The summed E-state index contributed by atoms with van der Waals surface area (Å²) in [4.78, 5) is 30.2. The van der Waals surface area contributed by atoms with Crippen LogP contribution in [-0.2, 0) is 4.79 Å². The van der Waals surface area contributed by atoms with E-state index in [-0.39, 0.29) is 17.9 Å². The maximum Gasteiger partial charge on any atom is 0.290 e. The molecule has 2 heterocycles. The Morgan fingerprint density at radius 2 is 1.71 bits per heavy atom. The highest BCUT2D eigenvalue weighted by Gasteiger charge is 2.45. The van der Waals surface area contributed by atoms with Crippen LogP contribution in [0.5, 0.6) is 17.2 Å². The minimum atomic E-state index is -0.892. The second-order valence-corrected chi connectivity index (χ2v) is 8.40. The number of ether oxygens (including phenoxy) is 3. The number of aliphatic hydroxyl groups excluding tert-OH is 1. The average Bonchev–Trinajstić information content (AvgIpc) is 3.40. The molecule has 1 atom stereocenters. The fourth-order valence-electron chi connectivity index (χ4n) is 4.26. The van der Waals surface area contributed by atoms with Gasteiger partial charge < -0.3 is 33.5 Å². The van der Waals surface area contributed by atoms with Crippen molar-refractivity contribution in [3.63, 3.8) is 0 Å². The molecular formula is C26H28N2O7. The van der Waals surface area contributed by atoms with Crippen LogP contribution >= 0.6 is 0 Å². The van der Waals surface area contributed by atoms with Gasteiger partial charge in [-0.05, 0) is 43.9 Å². The molecule has 1 N–H and O–H groups in total. The number of ketones is 1. The van der Waals surface area contributed by atoms with E-state index >= 15 is 0 Å². The lowest BCUT2D eigenvalue weighted by Gasteiger charge is -2.28. The van der Waals surface area contributed by atoms with E-state index in [1.807, 2.05) is 31.1 Å². The first kappa shape index (κ1) is 24.2. The van der Waals surface area contributed by atoms with Crippen molar-refractivity contribution in [3.05, 3.63) is 65.1 Å². The van der Waals surface area contributed by atoms with Crippen molar-refractivity contribution in [2.45, 2.75) is 6.04 Å². The Bertz CT molecular complexity index is 1250. The third-order valence-electron chi connectivity index (χ3n) is 5.99. The van der Waals surface area contributed by atoms with Gasteiger partial charge in [0, 0.05) is 18.5 Å². The molecule has 2 aromatic carbocycles. The zero-order valence-corrected chi connectivity index (χ0v) is 20.3. The predicted octanol–water partition coefficient (Wildman–Crippen LogP) is 3.60. The molecule has 0 saturated heterocycles. The molecule has 0 unspecified atom stereocenters. The van der Waals surface area contributed by atoms with E-state index in [9.17, 15) is 14.7 Å². The number of furan rings is 1. The van der Waals surface area contributed by atoms with Gasteiger partial charge in [-0.1, -0.05) is 18.2 Å². The molecule has 0 fully saturated rings. The predicted molar refractivity (Wildman–Crippen MR) is 129 cm³/mol. The molecule has 1 aliphatic heterocycles. The number of carbonyl (C=O) groups is 2. The number of hydrogen-bond donors (Lipinski definition) is 1. The molecule has 0 spiro atoms. The number of Topliss-reactive ketones (excluding diaryl/α,β-unsaturated/α-hetero) is 1. The summed E-state index contributed by atoms with van der Waals surface area (Å²) in [6, 6.07) is 11.3. The van der Waals surface area contributed by atoms with Gasteiger partial charge in [0.1, 0.15) is 5.58 Å². The number of hydrogen-bond acceptors (Lipinski definition) is 8. The van der Waals surface area contributed by atoms with Gasteiger partial charge in [0.15, 0.2) is 23.0 Å². The summed E-state index contributed by atoms with van der Waals surface area (Å²) in [5, 5.41) is 11.7. The lowest BCUT2D eigenvalue weighted by molar-refractivity contribution is -0.129. The Kier molecular flexibility index (Phi) is 6.70. The van der Waals surface area contributed by atoms with Crippen LogP contribution in [0.2, 0.25) is 0 Å². The molecule has 1 amide bonds. The number of fused-ring (bicyclic) bond motifs is 1. The summed E-state index contributed by atoms with van der Waals surface area (Å²) >= 11 is 0. The minimum Gasteiger partial charge on any atom is -0.503 e. The fraction of sp³-hybridized carbons (Fsp3) is 0.308. The van der Waals surface area contributed by atoms with Crippen LogP contribution < -0.4 is 14.2 Å². The highest BCUT2D eigenvalue weighted by molar-refractivity contribution is 6.16. The number of aliphatic hydroxyl groups is 1. The van der Waals surface area contributed by atoms with Crippen molar-refractivity contribution >= 4 is 22.7 Å². The van der Waals surface area contributed by atoms with Crippen molar-refractivity contribution in [1.29, 1.82) is 0 Å². The molecular weight excluding hydrogens is 452 g/mol. The molecule has 3 aromatic rings. The molecule has 35 heavy (non-hydrogen) atoms. The molecule has 0 aliphatic carbocycles. The van der Waals surface area contributed by atoms with Crippen LogP contribution in [0.1, 0.15) is 22.2 Å². The minimum absolute atomic E-state index is 0.0347. The van der Waals surface area contributed by atoms with Gasteiger partial charge >= 0.3 is 0 Å². The Labute approximate surface area is 203 Å². The summed E-state index contributed by atoms with van der Waals surface area (Å²) in [5.74, 6) is -0.669. The van der Waals surface area contributed by atoms with Gasteiger partial charge in [0.05, 0.1) is 32.9 Å². The highest BCUT2D eigenvalue weighted by Crippen LogP contribution is 2.45. The van der Waals surface area contributed by atoms with E-state index in [2.05, 4.69) is 0 Å². The number of benzene rings is 2. The lowest BCUT2D eigenvalue weighted by Crippen LogP contribution is -2.36. The van der Waals surface area contributed by atoms with Crippen molar-refractivity contribution in [2.24, 2.45) is 0 Å². The first-order valence-corrected chi connectivity index (χ1v) is 11.0. The molecule has 1 aliphatic rings. The van der Waals surface area contributed by atoms with Gasteiger partial charge in [-0.2, -0.15) is 0 Å². The summed E-state index contributed by atoms with van der Waals surface area (Å²) in [7, 11) is 8.22. The molecule has 0 bridgehead atoms. The number of methoxy groups -OCH3 is 3. The monoisotopic (exact) mass is 480 g/mol. The summed E-state index contributed by atoms with van der Waals surface area (Å²) in [6.45, 7) is 0.792. The number of carbonyl (C=O) groups excluding carboxylic acids is 2. The van der Waals surface area contributed by atoms with Crippen LogP contribution in [0.15, 0.2) is 58.2 Å². The number of para-hydroxylation sites is 1. The van der Waals surface area contributed by atoms with Crippen molar-refractivity contribution in [3.8, 4) is 17.2 Å². The number of nitrogens with zero attached hydrogens (tertiary/aromatic N) is 2. The van der Waals surface area contributed by atoms with Gasteiger partial charge in [-0.25, -0.2) is 0 Å². The smallest absolute Gasteiger partial charge is 0.290 e. The SMILES string of the molecule is COc1cc([C@@H]2C(C(=O)c3cc4ccccc4o3)=C(O)C(=O)N2CCN(C)C)cc(OC)c1OC. The Morgan fingerprint density at radius 1 is 1.06 bits per heavy atom. The average molecular weight is 481 g/mol. The zero-order valence-electron chi connectivity index (χ0n) is 20.3. The quantitative estimate of drug-likeness (QED) is 0.464. The number of amides is 1. The zero-order chi connectivity index (χ0) is 25.3. The first-order chi connectivity index (χ1) is 16.8. The number of likely N-dealkylation sites (N-methyl/N-ethyl adjacent to an activating group) is 1. The third kappa shape index (κ3) is 4.30. The fourth-order valence-corrected chi connectivity index (χ4v) is 4.26. The van der Waals surface area contributed by atoms with Gasteiger partial charge in [-0.3, -0.25) is 9.59 Å². The van der Waals surface area contributed by atoms with Crippen LogP contribution in [0.3, 0.4) is 0 Å². The largest absolute Gasteiger partial charge is 0.503 e. The Hall–Kier alpha value is -3.98. The number of rotatable bonds is 9. The van der Waals surface area contributed by atoms with Gasteiger partial charge in [-0.15, -0.1) is 0 Å². The summed E-state index contributed by atoms with van der Waals surface area (Å²) in [5.41, 5.74) is 0.992. The van der Waals surface area contributed by atoms with Crippen molar-refractivity contribution < 1.29 is 33.3 Å². The van der Waals surface area contributed by atoms with E-state index in [1.54, 1.807) is 30.3 Å².